The van der Waals surface area contributed by atoms with Crippen molar-refractivity contribution in [1.82, 2.24) is 9.78 Å². The highest BCUT2D eigenvalue weighted by Gasteiger charge is 2.27. The normalized spacial score (nSPS) is 13.3. The van der Waals surface area contributed by atoms with Crippen molar-refractivity contribution in [2.24, 2.45) is 7.05 Å². The smallest absolute Gasteiger partial charge is 0.311 e. The van der Waals surface area contributed by atoms with E-state index in [1.165, 1.54) is 7.11 Å². The van der Waals surface area contributed by atoms with Crippen LogP contribution in [0, 0.1) is 10.1 Å². The number of likely N-dealkylation sites (N-methyl/N-ethyl adjacent to an activating group) is 1. The molecule has 0 N–H and O–H groups in total. The average molecular weight is 302 g/mol. The summed E-state index contributed by atoms with van der Waals surface area (Å²) in [5, 5.41) is 15.6. The van der Waals surface area contributed by atoms with Crippen molar-refractivity contribution >= 4 is 11.4 Å². The number of anilines is 1. The lowest BCUT2D eigenvalue weighted by atomic mass is 10.0. The average Bonchev–Trinajstić information content (AvgIpc) is 2.79. The zero-order chi connectivity index (χ0) is 15.9. The van der Waals surface area contributed by atoms with Crippen molar-refractivity contribution in [3.8, 4) is 16.9 Å². The van der Waals surface area contributed by atoms with Gasteiger partial charge in [-0.05, 0) is 6.92 Å². The molecule has 0 saturated heterocycles. The molecule has 7 heteroatoms. The highest BCUT2D eigenvalue weighted by molar-refractivity contribution is 5.85. The van der Waals surface area contributed by atoms with Crippen LogP contribution in [0.5, 0.6) is 5.75 Å². The number of nitrogens with zero attached hydrogens (tertiary/aromatic N) is 4. The molecule has 0 saturated carbocycles. The molecular formula is C15H18N4O3. The van der Waals surface area contributed by atoms with Gasteiger partial charge in [-0.15, -0.1) is 0 Å². The van der Waals surface area contributed by atoms with Gasteiger partial charge >= 0.3 is 5.69 Å². The predicted octanol–water partition coefficient (Wildman–Crippen LogP) is 2.39. The Morgan fingerprint density at radius 2 is 2.18 bits per heavy atom. The van der Waals surface area contributed by atoms with Crippen LogP contribution in [0.1, 0.15) is 12.6 Å². The van der Waals surface area contributed by atoms with E-state index in [1.54, 1.807) is 18.3 Å². The molecule has 22 heavy (non-hydrogen) atoms. The summed E-state index contributed by atoms with van der Waals surface area (Å²) in [4.78, 5) is 13.1. The van der Waals surface area contributed by atoms with E-state index in [1.807, 2.05) is 11.7 Å². The monoisotopic (exact) mass is 302 g/mol. The molecule has 0 fully saturated rings. The molecule has 2 heterocycles. The molecule has 2 aromatic rings. The first-order valence-corrected chi connectivity index (χ1v) is 7.19. The van der Waals surface area contributed by atoms with Gasteiger partial charge in [0.2, 0.25) is 0 Å². The first-order chi connectivity index (χ1) is 10.6. The second kappa shape index (κ2) is 5.32. The Balaban J connectivity index is 2.30. The van der Waals surface area contributed by atoms with Gasteiger partial charge in [-0.3, -0.25) is 14.8 Å². The molecule has 0 aliphatic carbocycles. The quantitative estimate of drug-likeness (QED) is 0.643. The fraction of sp³-hybridized carbons (Fsp3) is 0.400. The van der Waals surface area contributed by atoms with Gasteiger partial charge in [0.1, 0.15) is 0 Å². The number of hydrogen-bond acceptors (Lipinski definition) is 5. The van der Waals surface area contributed by atoms with Gasteiger partial charge in [-0.25, -0.2) is 0 Å². The van der Waals surface area contributed by atoms with Crippen LogP contribution in [0.15, 0.2) is 18.3 Å². The van der Waals surface area contributed by atoms with E-state index in [9.17, 15) is 10.1 Å². The minimum absolute atomic E-state index is 0.0194. The van der Waals surface area contributed by atoms with Gasteiger partial charge in [0.25, 0.3) is 0 Å². The van der Waals surface area contributed by atoms with Gasteiger partial charge in [0.05, 0.1) is 18.2 Å². The zero-order valence-corrected chi connectivity index (χ0v) is 12.9. The maximum Gasteiger partial charge on any atom is 0.311 e. The molecule has 1 aliphatic heterocycles. The van der Waals surface area contributed by atoms with Crippen molar-refractivity contribution in [2.75, 3.05) is 25.1 Å². The van der Waals surface area contributed by atoms with Gasteiger partial charge in [-0.2, -0.15) is 5.10 Å². The van der Waals surface area contributed by atoms with E-state index >= 15 is 0 Å². The van der Waals surface area contributed by atoms with Crippen LogP contribution in [0.2, 0.25) is 0 Å². The van der Waals surface area contributed by atoms with Crippen molar-refractivity contribution in [3.05, 3.63) is 34.1 Å². The van der Waals surface area contributed by atoms with Crippen LogP contribution in [0.4, 0.5) is 11.4 Å². The van der Waals surface area contributed by atoms with E-state index in [-0.39, 0.29) is 11.4 Å². The number of nitro benzene ring substituents is 1. The molecule has 3 rings (SSSR count). The number of aryl methyl sites for hydroxylation is 1. The van der Waals surface area contributed by atoms with Crippen LogP contribution >= 0.6 is 0 Å². The number of ether oxygens (including phenoxy) is 1. The van der Waals surface area contributed by atoms with E-state index in [4.69, 9.17) is 4.74 Å². The Morgan fingerprint density at radius 3 is 2.82 bits per heavy atom. The summed E-state index contributed by atoms with van der Waals surface area (Å²) in [6.45, 7) is 3.75. The Hall–Kier alpha value is -2.57. The molecule has 1 aliphatic rings. The van der Waals surface area contributed by atoms with Gasteiger partial charge in [-0.1, -0.05) is 0 Å². The minimum atomic E-state index is -0.406. The van der Waals surface area contributed by atoms with Crippen molar-refractivity contribution in [3.63, 3.8) is 0 Å². The maximum absolute atomic E-state index is 11.3. The fourth-order valence-corrected chi connectivity index (χ4v) is 3.02. The van der Waals surface area contributed by atoms with E-state index < -0.39 is 4.92 Å². The van der Waals surface area contributed by atoms with E-state index in [2.05, 4.69) is 16.9 Å². The molecule has 0 radical (unpaired) electrons. The standard InChI is InChI=1S/C15H18N4O3/c1-4-18-6-5-12-11(9-16-17(12)2)10-7-14(19(20)21)15(22-3)8-13(10)18/h7-9H,4-6H2,1-3H3. The Labute approximate surface area is 128 Å². The van der Waals surface area contributed by atoms with Gasteiger partial charge in [0.15, 0.2) is 5.75 Å². The summed E-state index contributed by atoms with van der Waals surface area (Å²) in [7, 11) is 3.36. The lowest BCUT2D eigenvalue weighted by Crippen LogP contribution is -2.25. The molecular weight excluding hydrogens is 284 g/mol. The number of aromatic nitrogens is 2. The molecule has 0 atom stereocenters. The first-order valence-electron chi connectivity index (χ1n) is 7.19. The SMILES string of the molecule is CCN1CCc2c(cnn2C)-c2cc([N+](=O)[O-])c(OC)cc21. The van der Waals surface area contributed by atoms with Crippen LogP contribution in [0.25, 0.3) is 11.1 Å². The first kappa shape index (κ1) is 14.4. The molecule has 116 valence electrons. The summed E-state index contributed by atoms with van der Waals surface area (Å²) in [5.41, 5.74) is 3.83. The second-order valence-electron chi connectivity index (χ2n) is 5.26. The van der Waals surface area contributed by atoms with Crippen LogP contribution < -0.4 is 9.64 Å². The lowest BCUT2D eigenvalue weighted by molar-refractivity contribution is -0.385. The zero-order valence-electron chi connectivity index (χ0n) is 12.9. The highest BCUT2D eigenvalue weighted by Crippen LogP contribution is 2.42. The predicted molar refractivity (Wildman–Crippen MR) is 83.4 cm³/mol. The second-order valence-corrected chi connectivity index (χ2v) is 5.26. The van der Waals surface area contributed by atoms with Crippen LogP contribution in [-0.2, 0) is 13.5 Å². The van der Waals surface area contributed by atoms with E-state index in [0.717, 1.165) is 42.0 Å². The number of rotatable bonds is 3. The third kappa shape index (κ3) is 2.09. The number of benzene rings is 1. The summed E-state index contributed by atoms with van der Waals surface area (Å²) in [6, 6.07) is 3.36. The Kier molecular flexibility index (Phi) is 3.48. The van der Waals surface area contributed by atoms with Gasteiger partial charge in [0, 0.05) is 61.2 Å². The Morgan fingerprint density at radius 1 is 1.41 bits per heavy atom. The molecule has 7 nitrogen and oxygen atoms in total. The third-order valence-electron chi connectivity index (χ3n) is 4.19. The summed E-state index contributed by atoms with van der Waals surface area (Å²) in [5.74, 6) is 0.287. The van der Waals surface area contributed by atoms with Crippen LogP contribution in [0.3, 0.4) is 0 Å². The minimum Gasteiger partial charge on any atom is -0.490 e. The topological polar surface area (TPSA) is 73.4 Å². The summed E-state index contributed by atoms with van der Waals surface area (Å²) >= 11 is 0. The van der Waals surface area contributed by atoms with Crippen molar-refractivity contribution < 1.29 is 9.66 Å². The lowest BCUT2D eigenvalue weighted by Gasteiger charge is -2.23. The summed E-state index contributed by atoms with van der Waals surface area (Å²) < 4.78 is 7.05. The van der Waals surface area contributed by atoms with Gasteiger partial charge < -0.3 is 9.64 Å². The van der Waals surface area contributed by atoms with Crippen LogP contribution in [-0.4, -0.2) is 34.9 Å². The fourth-order valence-electron chi connectivity index (χ4n) is 3.02. The molecule has 1 aromatic carbocycles. The Bertz CT molecular complexity index is 739. The maximum atomic E-state index is 11.3. The number of nitro groups is 1. The van der Waals surface area contributed by atoms with Crippen molar-refractivity contribution in [1.29, 1.82) is 0 Å². The third-order valence-corrected chi connectivity index (χ3v) is 4.19. The number of hydrogen-bond donors (Lipinski definition) is 0. The van der Waals surface area contributed by atoms with Crippen molar-refractivity contribution in [2.45, 2.75) is 13.3 Å². The molecule has 0 amide bonds. The summed E-state index contributed by atoms with van der Waals surface area (Å²) in [6.07, 6.45) is 2.63. The number of methoxy groups -OCH3 is 1. The highest BCUT2D eigenvalue weighted by atomic mass is 16.6. The molecule has 0 bridgehead atoms. The molecule has 1 aromatic heterocycles. The van der Waals surface area contributed by atoms with E-state index in [0.29, 0.717) is 0 Å². The molecule has 0 spiro atoms. The largest absolute Gasteiger partial charge is 0.490 e. The number of fused-ring (bicyclic) bond motifs is 3. The molecule has 0 unspecified atom stereocenters.